The standard InChI is InChI=1S/C22H29N3O2S/c1-16-5-6-20(17(2)14-16)24-21(26)15-25-11-8-18(9-12-25)22(27)23-10-7-19-4-3-13-28-19/h3-6,13-14,18H,7-12,15H2,1-2H3,(H,23,27)(H,24,26). The Morgan fingerprint density at radius 2 is 1.96 bits per heavy atom. The van der Waals surface area contributed by atoms with Crippen molar-refractivity contribution in [2.45, 2.75) is 33.1 Å². The number of hydrogen-bond donors (Lipinski definition) is 2. The molecule has 1 saturated heterocycles. The highest BCUT2D eigenvalue weighted by molar-refractivity contribution is 7.09. The summed E-state index contributed by atoms with van der Waals surface area (Å²) in [4.78, 5) is 28.1. The summed E-state index contributed by atoms with van der Waals surface area (Å²) >= 11 is 1.72. The van der Waals surface area contributed by atoms with Crippen LogP contribution in [0, 0.1) is 19.8 Å². The molecule has 1 aliphatic rings. The molecule has 3 rings (SSSR count). The lowest BCUT2D eigenvalue weighted by molar-refractivity contribution is -0.126. The molecule has 2 heterocycles. The third-order valence-electron chi connectivity index (χ3n) is 5.23. The average Bonchev–Trinajstić information content (AvgIpc) is 3.18. The minimum Gasteiger partial charge on any atom is -0.355 e. The van der Waals surface area contributed by atoms with Gasteiger partial charge in [-0.25, -0.2) is 0 Å². The summed E-state index contributed by atoms with van der Waals surface area (Å²) < 4.78 is 0. The zero-order chi connectivity index (χ0) is 19.9. The first-order chi connectivity index (χ1) is 13.5. The van der Waals surface area contributed by atoms with E-state index in [0.29, 0.717) is 13.1 Å². The van der Waals surface area contributed by atoms with E-state index in [1.165, 1.54) is 10.4 Å². The molecule has 1 aromatic carbocycles. The predicted molar refractivity (Wildman–Crippen MR) is 115 cm³/mol. The van der Waals surface area contributed by atoms with E-state index in [-0.39, 0.29) is 17.7 Å². The Labute approximate surface area is 171 Å². The number of hydrogen-bond acceptors (Lipinski definition) is 4. The molecule has 5 nitrogen and oxygen atoms in total. The molecular weight excluding hydrogens is 370 g/mol. The first-order valence-corrected chi connectivity index (χ1v) is 10.8. The van der Waals surface area contributed by atoms with Gasteiger partial charge in [-0.1, -0.05) is 23.8 Å². The predicted octanol–water partition coefficient (Wildman–Crippen LogP) is 3.37. The van der Waals surface area contributed by atoms with Crippen molar-refractivity contribution in [2.24, 2.45) is 5.92 Å². The SMILES string of the molecule is Cc1ccc(NC(=O)CN2CCC(C(=O)NCCc3cccs3)CC2)c(C)c1. The second-order valence-corrected chi connectivity index (χ2v) is 8.57. The molecule has 0 unspecified atom stereocenters. The van der Waals surface area contributed by atoms with Gasteiger partial charge in [-0.15, -0.1) is 11.3 Å². The van der Waals surface area contributed by atoms with Gasteiger partial charge in [-0.05, 0) is 69.3 Å². The highest BCUT2D eigenvalue weighted by atomic mass is 32.1. The molecule has 2 N–H and O–H groups in total. The molecule has 6 heteroatoms. The molecule has 0 atom stereocenters. The Kier molecular flexibility index (Phi) is 7.23. The lowest BCUT2D eigenvalue weighted by Gasteiger charge is -2.30. The third kappa shape index (κ3) is 5.91. The number of benzene rings is 1. The Bertz CT molecular complexity index is 796. The van der Waals surface area contributed by atoms with E-state index < -0.39 is 0 Å². The fourth-order valence-electron chi connectivity index (χ4n) is 3.61. The molecule has 0 bridgehead atoms. The molecule has 150 valence electrons. The number of piperidine rings is 1. The van der Waals surface area contributed by atoms with Crippen molar-refractivity contribution in [3.05, 3.63) is 51.7 Å². The smallest absolute Gasteiger partial charge is 0.238 e. The van der Waals surface area contributed by atoms with Gasteiger partial charge in [0.1, 0.15) is 0 Å². The molecule has 28 heavy (non-hydrogen) atoms. The van der Waals surface area contributed by atoms with Gasteiger partial charge in [-0.3, -0.25) is 14.5 Å². The van der Waals surface area contributed by atoms with Crippen molar-refractivity contribution in [2.75, 3.05) is 31.5 Å². The van der Waals surface area contributed by atoms with Crippen molar-refractivity contribution in [3.63, 3.8) is 0 Å². The highest BCUT2D eigenvalue weighted by Gasteiger charge is 2.25. The zero-order valence-electron chi connectivity index (χ0n) is 16.7. The first kappa shape index (κ1) is 20.6. The van der Waals surface area contributed by atoms with Gasteiger partial charge in [0.05, 0.1) is 6.54 Å². The lowest BCUT2D eigenvalue weighted by Crippen LogP contribution is -2.43. The first-order valence-electron chi connectivity index (χ1n) is 9.91. The van der Waals surface area contributed by atoms with Crippen molar-refractivity contribution in [1.82, 2.24) is 10.2 Å². The van der Waals surface area contributed by atoms with Crippen molar-refractivity contribution >= 4 is 28.8 Å². The summed E-state index contributed by atoms with van der Waals surface area (Å²) in [5.74, 6) is 0.212. The molecule has 0 aliphatic carbocycles. The maximum absolute atomic E-state index is 12.4. The molecule has 1 aromatic heterocycles. The summed E-state index contributed by atoms with van der Waals surface area (Å²) in [5.41, 5.74) is 3.13. The lowest BCUT2D eigenvalue weighted by atomic mass is 9.96. The topological polar surface area (TPSA) is 61.4 Å². The molecular formula is C22H29N3O2S. The van der Waals surface area contributed by atoms with Gasteiger partial charge in [0.15, 0.2) is 0 Å². The normalized spacial score (nSPS) is 15.4. The molecule has 1 aliphatic heterocycles. The number of likely N-dealkylation sites (tertiary alicyclic amines) is 1. The van der Waals surface area contributed by atoms with Crippen LogP contribution in [0.2, 0.25) is 0 Å². The van der Waals surface area contributed by atoms with Crippen molar-refractivity contribution < 1.29 is 9.59 Å². The minimum atomic E-state index is 0.00537. The van der Waals surface area contributed by atoms with E-state index in [2.05, 4.69) is 33.0 Å². The maximum Gasteiger partial charge on any atom is 0.238 e. The number of nitrogens with one attached hydrogen (secondary N) is 2. The molecule has 2 amide bonds. The molecule has 0 spiro atoms. The number of carbonyl (C=O) groups is 2. The second kappa shape index (κ2) is 9.85. The fourth-order valence-corrected chi connectivity index (χ4v) is 4.32. The Morgan fingerprint density at radius 3 is 2.64 bits per heavy atom. The quantitative estimate of drug-likeness (QED) is 0.750. The van der Waals surface area contributed by atoms with Crippen LogP contribution in [0.3, 0.4) is 0 Å². The van der Waals surface area contributed by atoms with Gasteiger partial charge in [0, 0.05) is 23.0 Å². The monoisotopic (exact) mass is 399 g/mol. The van der Waals surface area contributed by atoms with E-state index in [9.17, 15) is 9.59 Å². The molecule has 2 aromatic rings. The average molecular weight is 400 g/mol. The Balaban J connectivity index is 1.37. The summed E-state index contributed by atoms with van der Waals surface area (Å²) in [6.07, 6.45) is 2.50. The fraction of sp³-hybridized carbons (Fsp3) is 0.455. The van der Waals surface area contributed by atoms with Crippen LogP contribution >= 0.6 is 11.3 Å². The van der Waals surface area contributed by atoms with Crippen molar-refractivity contribution in [1.29, 1.82) is 0 Å². The van der Waals surface area contributed by atoms with Crippen LogP contribution in [0.1, 0.15) is 28.8 Å². The van der Waals surface area contributed by atoms with Crippen LogP contribution in [0.5, 0.6) is 0 Å². The number of nitrogens with zero attached hydrogens (tertiary/aromatic N) is 1. The van der Waals surface area contributed by atoms with Crippen molar-refractivity contribution in [3.8, 4) is 0 Å². The second-order valence-electron chi connectivity index (χ2n) is 7.54. The summed E-state index contributed by atoms with van der Waals surface area (Å²) in [6, 6.07) is 10.2. The van der Waals surface area contributed by atoms with Crippen LogP contribution < -0.4 is 10.6 Å². The van der Waals surface area contributed by atoms with Crippen LogP contribution in [0.15, 0.2) is 35.7 Å². The third-order valence-corrected chi connectivity index (χ3v) is 6.17. The number of amides is 2. The van der Waals surface area contributed by atoms with Gasteiger partial charge in [0.25, 0.3) is 0 Å². The van der Waals surface area contributed by atoms with E-state index in [4.69, 9.17) is 0 Å². The van der Waals surface area contributed by atoms with Gasteiger partial charge < -0.3 is 10.6 Å². The number of aryl methyl sites for hydroxylation is 2. The maximum atomic E-state index is 12.4. The van der Waals surface area contributed by atoms with Crippen LogP contribution in [0.4, 0.5) is 5.69 Å². The number of rotatable bonds is 7. The summed E-state index contributed by atoms with van der Waals surface area (Å²) in [5, 5.41) is 8.12. The minimum absolute atomic E-state index is 0.00537. The molecule has 0 saturated carbocycles. The largest absolute Gasteiger partial charge is 0.355 e. The number of carbonyl (C=O) groups excluding carboxylic acids is 2. The van der Waals surface area contributed by atoms with Crippen LogP contribution in [0.25, 0.3) is 0 Å². The van der Waals surface area contributed by atoms with Crippen LogP contribution in [-0.2, 0) is 16.0 Å². The molecule has 0 radical (unpaired) electrons. The Morgan fingerprint density at radius 1 is 1.18 bits per heavy atom. The van der Waals surface area contributed by atoms with Gasteiger partial charge in [-0.2, -0.15) is 0 Å². The molecule has 1 fully saturated rings. The highest BCUT2D eigenvalue weighted by Crippen LogP contribution is 2.19. The van der Waals surface area contributed by atoms with Gasteiger partial charge in [0.2, 0.25) is 11.8 Å². The van der Waals surface area contributed by atoms with E-state index in [1.807, 2.05) is 32.0 Å². The van der Waals surface area contributed by atoms with E-state index >= 15 is 0 Å². The van der Waals surface area contributed by atoms with Gasteiger partial charge >= 0.3 is 0 Å². The van der Waals surface area contributed by atoms with E-state index in [0.717, 1.165) is 43.6 Å². The summed E-state index contributed by atoms with van der Waals surface area (Å²) in [7, 11) is 0. The van der Waals surface area contributed by atoms with E-state index in [1.54, 1.807) is 11.3 Å². The summed E-state index contributed by atoms with van der Waals surface area (Å²) in [6.45, 7) is 6.68. The van der Waals surface area contributed by atoms with Crippen LogP contribution in [-0.4, -0.2) is 42.9 Å². The number of anilines is 1. The number of thiophene rings is 1. The zero-order valence-corrected chi connectivity index (χ0v) is 17.5. The Hall–Kier alpha value is -2.18.